The van der Waals surface area contributed by atoms with E-state index < -0.39 is 29.5 Å². The van der Waals surface area contributed by atoms with E-state index in [9.17, 15) is 14.0 Å². The highest BCUT2D eigenvalue weighted by atomic mass is 79.9. The van der Waals surface area contributed by atoms with Crippen molar-refractivity contribution in [1.29, 1.82) is 0 Å². The molecule has 0 fully saturated rings. The number of pyridine rings is 1. The zero-order valence-electron chi connectivity index (χ0n) is 16.0. The second kappa shape index (κ2) is 9.01. The van der Waals surface area contributed by atoms with Crippen LogP contribution in [0.2, 0.25) is 0 Å². The minimum absolute atomic E-state index is 0.419. The lowest BCUT2D eigenvalue weighted by molar-refractivity contribution is -0.117. The van der Waals surface area contributed by atoms with Crippen LogP contribution in [0.1, 0.15) is 27.7 Å². The molecule has 0 bridgehead atoms. The molecule has 1 aromatic heterocycles. The molecule has 0 saturated carbocycles. The van der Waals surface area contributed by atoms with Gasteiger partial charge in [-0.25, -0.2) is 9.18 Å². The molecule has 1 unspecified atom stereocenters. The van der Waals surface area contributed by atoms with Crippen LogP contribution >= 0.6 is 15.9 Å². The van der Waals surface area contributed by atoms with Crippen LogP contribution in [0.4, 0.5) is 26.2 Å². The van der Waals surface area contributed by atoms with E-state index in [2.05, 4.69) is 36.9 Å². The van der Waals surface area contributed by atoms with Gasteiger partial charge in [-0.1, -0.05) is 6.07 Å². The maximum Gasteiger partial charge on any atom is 0.408 e. The summed E-state index contributed by atoms with van der Waals surface area (Å²) >= 11 is 3.41. The van der Waals surface area contributed by atoms with Crippen molar-refractivity contribution in [3.05, 3.63) is 46.9 Å². The van der Waals surface area contributed by atoms with E-state index in [4.69, 9.17) is 4.74 Å². The van der Waals surface area contributed by atoms with Crippen LogP contribution < -0.4 is 16.0 Å². The number of aromatic nitrogens is 1. The van der Waals surface area contributed by atoms with Gasteiger partial charge in [-0.2, -0.15) is 0 Å². The van der Waals surface area contributed by atoms with Crippen LogP contribution in [-0.4, -0.2) is 28.6 Å². The Labute approximate surface area is 171 Å². The number of ether oxygens (including phenoxy) is 1. The number of alkyl carbamates (subject to hydrolysis) is 1. The van der Waals surface area contributed by atoms with Gasteiger partial charge in [0, 0.05) is 10.5 Å². The molecule has 1 aromatic carbocycles. The molecule has 0 radical (unpaired) electrons. The van der Waals surface area contributed by atoms with Crippen molar-refractivity contribution in [3.63, 3.8) is 0 Å². The topological polar surface area (TPSA) is 92.3 Å². The maximum atomic E-state index is 13.4. The van der Waals surface area contributed by atoms with Crippen LogP contribution in [0.25, 0.3) is 0 Å². The first-order chi connectivity index (χ1) is 13.0. The summed E-state index contributed by atoms with van der Waals surface area (Å²) in [6.45, 7) is 6.74. The lowest BCUT2D eigenvalue weighted by Crippen LogP contribution is -2.44. The summed E-state index contributed by atoms with van der Waals surface area (Å²) in [4.78, 5) is 28.1. The van der Waals surface area contributed by atoms with E-state index in [0.717, 1.165) is 6.20 Å². The van der Waals surface area contributed by atoms with Crippen molar-refractivity contribution in [2.75, 3.05) is 10.6 Å². The number of amides is 2. The first-order valence-electron chi connectivity index (χ1n) is 8.51. The summed E-state index contributed by atoms with van der Waals surface area (Å²) in [6, 6.07) is 5.63. The summed E-state index contributed by atoms with van der Waals surface area (Å²) in [6.07, 6.45) is 1.87. The van der Waals surface area contributed by atoms with Crippen molar-refractivity contribution < 1.29 is 18.7 Å². The van der Waals surface area contributed by atoms with Crippen molar-refractivity contribution >= 4 is 45.0 Å². The molecule has 1 heterocycles. The predicted octanol–water partition coefficient (Wildman–Crippen LogP) is 4.58. The van der Waals surface area contributed by atoms with Gasteiger partial charge in [0.15, 0.2) is 0 Å². The molecule has 2 rings (SSSR count). The Morgan fingerprint density at radius 2 is 1.96 bits per heavy atom. The first kappa shape index (κ1) is 21.6. The van der Waals surface area contributed by atoms with E-state index in [1.54, 1.807) is 45.9 Å². The van der Waals surface area contributed by atoms with Crippen LogP contribution in [0.5, 0.6) is 0 Å². The molecule has 0 aliphatic carbocycles. The average Bonchev–Trinajstić information content (AvgIpc) is 2.56. The highest BCUT2D eigenvalue weighted by Crippen LogP contribution is 2.33. The summed E-state index contributed by atoms with van der Waals surface area (Å²) in [7, 11) is 0. The van der Waals surface area contributed by atoms with E-state index in [1.807, 2.05) is 0 Å². The van der Waals surface area contributed by atoms with Gasteiger partial charge in [-0.05, 0) is 55.8 Å². The lowest BCUT2D eigenvalue weighted by atomic mass is 10.2. The number of para-hydroxylation sites is 1. The molecule has 7 nitrogen and oxygen atoms in total. The Balaban J connectivity index is 2.12. The standard InChI is InChI=1S/C19H22BrFN4O3/c1-11(23-18(27)28-19(2,3)4)17(26)25-15-7-5-6-14(20)16(15)24-13-8-12(21)9-22-10-13/h5-11,24H,1-4H3,(H,23,27)(H,25,26). The Morgan fingerprint density at radius 1 is 1.25 bits per heavy atom. The smallest absolute Gasteiger partial charge is 0.408 e. The third kappa shape index (κ3) is 6.49. The Morgan fingerprint density at radius 3 is 2.61 bits per heavy atom. The van der Waals surface area contributed by atoms with E-state index >= 15 is 0 Å². The largest absolute Gasteiger partial charge is 0.444 e. The highest BCUT2D eigenvalue weighted by molar-refractivity contribution is 9.10. The molecule has 28 heavy (non-hydrogen) atoms. The normalized spacial score (nSPS) is 12.1. The number of benzene rings is 1. The second-order valence-electron chi connectivity index (χ2n) is 7.04. The lowest BCUT2D eigenvalue weighted by Gasteiger charge is -2.22. The molecule has 2 amide bonds. The minimum atomic E-state index is -0.836. The van der Waals surface area contributed by atoms with Gasteiger partial charge < -0.3 is 20.7 Å². The fourth-order valence-corrected chi connectivity index (χ4v) is 2.64. The number of rotatable bonds is 5. The van der Waals surface area contributed by atoms with Gasteiger partial charge in [0.2, 0.25) is 5.91 Å². The predicted molar refractivity (Wildman–Crippen MR) is 109 cm³/mol. The molecular formula is C19H22BrFN4O3. The second-order valence-corrected chi connectivity index (χ2v) is 7.89. The van der Waals surface area contributed by atoms with Gasteiger partial charge in [0.05, 0.1) is 29.5 Å². The third-order valence-corrected chi connectivity index (χ3v) is 4.03. The Kier molecular flexibility index (Phi) is 6.95. The molecule has 150 valence electrons. The number of hydrogen-bond acceptors (Lipinski definition) is 5. The van der Waals surface area contributed by atoms with Crippen LogP contribution in [0, 0.1) is 5.82 Å². The van der Waals surface area contributed by atoms with Gasteiger partial charge >= 0.3 is 6.09 Å². The molecule has 0 spiro atoms. The zero-order valence-corrected chi connectivity index (χ0v) is 17.6. The Bertz CT molecular complexity index is 870. The number of hydrogen-bond donors (Lipinski definition) is 3. The molecule has 2 aromatic rings. The van der Waals surface area contributed by atoms with Gasteiger partial charge in [-0.15, -0.1) is 0 Å². The van der Waals surface area contributed by atoms with E-state index in [0.29, 0.717) is 21.5 Å². The number of carbonyl (C=O) groups is 2. The Hall–Kier alpha value is -2.68. The molecule has 0 aliphatic heterocycles. The van der Waals surface area contributed by atoms with Crippen LogP contribution in [0.3, 0.4) is 0 Å². The van der Waals surface area contributed by atoms with Gasteiger partial charge in [0.1, 0.15) is 17.5 Å². The quantitative estimate of drug-likeness (QED) is 0.617. The summed E-state index contributed by atoms with van der Waals surface area (Å²) in [5, 5.41) is 8.24. The SMILES string of the molecule is CC(NC(=O)OC(C)(C)C)C(=O)Nc1cccc(Br)c1Nc1cncc(F)c1. The maximum absolute atomic E-state index is 13.4. The number of nitrogens with zero attached hydrogens (tertiary/aromatic N) is 1. The van der Waals surface area contributed by atoms with Crippen LogP contribution in [0.15, 0.2) is 41.1 Å². The fraction of sp³-hybridized carbons (Fsp3) is 0.316. The molecule has 0 aliphatic rings. The van der Waals surface area contributed by atoms with Gasteiger partial charge in [0.25, 0.3) is 0 Å². The molecular weight excluding hydrogens is 431 g/mol. The van der Waals surface area contributed by atoms with Crippen LogP contribution in [-0.2, 0) is 9.53 Å². The molecule has 9 heteroatoms. The van der Waals surface area contributed by atoms with Crippen molar-refractivity contribution in [3.8, 4) is 0 Å². The van der Waals surface area contributed by atoms with E-state index in [-0.39, 0.29) is 0 Å². The average molecular weight is 453 g/mol. The highest BCUT2D eigenvalue weighted by Gasteiger charge is 2.22. The third-order valence-electron chi connectivity index (χ3n) is 3.37. The van der Waals surface area contributed by atoms with Crippen molar-refractivity contribution in [2.24, 2.45) is 0 Å². The number of carbonyl (C=O) groups excluding carboxylic acids is 2. The summed E-state index contributed by atoms with van der Waals surface area (Å²) in [5.41, 5.74) is 0.720. The number of halogens is 2. The molecule has 1 atom stereocenters. The summed E-state index contributed by atoms with van der Waals surface area (Å²) < 4.78 is 19.2. The molecule has 0 saturated heterocycles. The number of anilines is 3. The molecule has 3 N–H and O–H groups in total. The first-order valence-corrected chi connectivity index (χ1v) is 9.31. The minimum Gasteiger partial charge on any atom is -0.444 e. The van der Waals surface area contributed by atoms with E-state index in [1.165, 1.54) is 12.3 Å². The summed E-state index contributed by atoms with van der Waals surface area (Å²) in [5.74, 6) is -0.929. The number of nitrogens with one attached hydrogen (secondary N) is 3. The fourth-order valence-electron chi connectivity index (χ4n) is 2.17. The van der Waals surface area contributed by atoms with Crippen molar-refractivity contribution in [1.82, 2.24) is 10.3 Å². The monoisotopic (exact) mass is 452 g/mol. The van der Waals surface area contributed by atoms with Crippen molar-refractivity contribution in [2.45, 2.75) is 39.3 Å². The zero-order chi connectivity index (χ0) is 20.9. The van der Waals surface area contributed by atoms with Gasteiger partial charge in [-0.3, -0.25) is 9.78 Å².